The molecule has 1 atom stereocenters. The van der Waals surface area contributed by atoms with E-state index in [-0.39, 0.29) is 17.8 Å². The van der Waals surface area contributed by atoms with Gasteiger partial charge in [-0.1, -0.05) is 0 Å². The summed E-state index contributed by atoms with van der Waals surface area (Å²) >= 11 is 0. The van der Waals surface area contributed by atoms with Gasteiger partial charge in [-0.25, -0.2) is 5.43 Å². The maximum atomic E-state index is 11.7. The molecule has 0 spiro atoms. The molecule has 1 heterocycles. The number of hydrazine groups is 1. The molecule has 1 fully saturated rings. The molecule has 1 unspecified atom stereocenters. The standard InChI is InChI=1S/C11H12N4O4/c16-10-6-5-9(12-10)13-14-11(17)7-1-3-8(4-2-7)15(18)19/h1-4,9,13H,5-6H2,(H,12,16)(H,14,17). The van der Waals surface area contributed by atoms with Crippen LogP contribution in [0.5, 0.6) is 0 Å². The van der Waals surface area contributed by atoms with E-state index in [4.69, 9.17) is 0 Å². The molecular formula is C11H12N4O4. The van der Waals surface area contributed by atoms with Gasteiger partial charge in [0.05, 0.1) is 11.1 Å². The smallest absolute Gasteiger partial charge is 0.269 e. The second kappa shape index (κ2) is 5.44. The first-order chi connectivity index (χ1) is 9.06. The fourth-order valence-corrected chi connectivity index (χ4v) is 1.68. The monoisotopic (exact) mass is 264 g/mol. The van der Waals surface area contributed by atoms with E-state index in [0.717, 1.165) is 0 Å². The number of rotatable bonds is 4. The average molecular weight is 264 g/mol. The van der Waals surface area contributed by atoms with E-state index >= 15 is 0 Å². The molecule has 0 bridgehead atoms. The van der Waals surface area contributed by atoms with Gasteiger partial charge in [0.25, 0.3) is 11.6 Å². The number of nitrogens with zero attached hydrogens (tertiary/aromatic N) is 1. The van der Waals surface area contributed by atoms with Crippen LogP contribution in [0.15, 0.2) is 24.3 Å². The van der Waals surface area contributed by atoms with Crippen LogP contribution in [-0.2, 0) is 4.79 Å². The minimum Gasteiger partial charge on any atom is -0.339 e. The molecule has 0 radical (unpaired) electrons. The molecule has 1 aromatic carbocycles. The van der Waals surface area contributed by atoms with Gasteiger partial charge in [-0.2, -0.15) is 0 Å². The van der Waals surface area contributed by atoms with Crippen LogP contribution in [0, 0.1) is 10.1 Å². The third kappa shape index (κ3) is 3.26. The minimum absolute atomic E-state index is 0.0675. The number of hydrogen-bond donors (Lipinski definition) is 3. The minimum atomic E-state index is -0.534. The third-order valence-electron chi connectivity index (χ3n) is 2.70. The van der Waals surface area contributed by atoms with E-state index < -0.39 is 10.8 Å². The molecule has 0 saturated carbocycles. The highest BCUT2D eigenvalue weighted by molar-refractivity contribution is 5.94. The SMILES string of the molecule is O=C1CCC(NNC(=O)c2ccc([N+](=O)[O-])cc2)N1. The molecule has 0 aliphatic carbocycles. The Morgan fingerprint density at radius 2 is 2.05 bits per heavy atom. The summed E-state index contributed by atoms with van der Waals surface area (Å²) in [4.78, 5) is 32.6. The maximum absolute atomic E-state index is 11.7. The first kappa shape index (κ1) is 13.0. The predicted molar refractivity (Wildman–Crippen MR) is 64.9 cm³/mol. The van der Waals surface area contributed by atoms with E-state index in [2.05, 4.69) is 16.2 Å². The molecule has 8 heteroatoms. The highest BCUT2D eigenvalue weighted by Gasteiger charge is 2.20. The summed E-state index contributed by atoms with van der Waals surface area (Å²) in [6, 6.07) is 5.24. The van der Waals surface area contributed by atoms with Crippen LogP contribution in [0.3, 0.4) is 0 Å². The molecule has 8 nitrogen and oxygen atoms in total. The summed E-state index contributed by atoms with van der Waals surface area (Å²) < 4.78 is 0. The summed E-state index contributed by atoms with van der Waals surface area (Å²) in [7, 11) is 0. The van der Waals surface area contributed by atoms with Crippen LogP contribution in [-0.4, -0.2) is 22.9 Å². The number of nitrogens with one attached hydrogen (secondary N) is 3. The third-order valence-corrected chi connectivity index (χ3v) is 2.70. The fourth-order valence-electron chi connectivity index (χ4n) is 1.68. The number of benzene rings is 1. The Morgan fingerprint density at radius 1 is 1.37 bits per heavy atom. The predicted octanol–water partition coefficient (Wildman–Crippen LogP) is 0.0653. The van der Waals surface area contributed by atoms with Crippen molar-refractivity contribution in [3.05, 3.63) is 39.9 Å². The first-order valence-corrected chi connectivity index (χ1v) is 5.66. The molecule has 2 rings (SSSR count). The second-order valence-electron chi connectivity index (χ2n) is 4.06. The Morgan fingerprint density at radius 3 is 2.58 bits per heavy atom. The summed E-state index contributed by atoms with van der Waals surface area (Å²) in [6.45, 7) is 0. The molecule has 19 heavy (non-hydrogen) atoms. The van der Waals surface area contributed by atoms with E-state index in [1.807, 2.05) is 0 Å². The lowest BCUT2D eigenvalue weighted by Gasteiger charge is -2.13. The Labute approximate surface area is 108 Å². The number of amides is 2. The van der Waals surface area contributed by atoms with Gasteiger partial charge in [-0.05, 0) is 18.6 Å². The number of hydrogen-bond acceptors (Lipinski definition) is 5. The molecule has 1 aromatic rings. The lowest BCUT2D eigenvalue weighted by molar-refractivity contribution is -0.384. The van der Waals surface area contributed by atoms with E-state index in [1.54, 1.807) is 0 Å². The van der Waals surface area contributed by atoms with Gasteiger partial charge in [-0.3, -0.25) is 25.1 Å². The summed E-state index contributed by atoms with van der Waals surface area (Å²) in [6.07, 6.45) is 0.735. The van der Waals surface area contributed by atoms with Gasteiger partial charge < -0.3 is 5.32 Å². The quantitative estimate of drug-likeness (QED) is 0.526. The van der Waals surface area contributed by atoms with Gasteiger partial charge in [0.2, 0.25) is 5.91 Å². The van der Waals surface area contributed by atoms with Crippen molar-refractivity contribution in [3.8, 4) is 0 Å². The lowest BCUT2D eigenvalue weighted by atomic mass is 10.2. The zero-order valence-electron chi connectivity index (χ0n) is 9.88. The van der Waals surface area contributed by atoms with Crippen molar-refractivity contribution in [1.82, 2.24) is 16.2 Å². The maximum Gasteiger partial charge on any atom is 0.269 e. The van der Waals surface area contributed by atoms with Crippen LogP contribution >= 0.6 is 0 Å². The topological polar surface area (TPSA) is 113 Å². The van der Waals surface area contributed by atoms with Gasteiger partial charge in [-0.15, -0.1) is 0 Å². The van der Waals surface area contributed by atoms with Crippen LogP contribution in [0.1, 0.15) is 23.2 Å². The molecule has 1 aliphatic heterocycles. The van der Waals surface area contributed by atoms with E-state index in [9.17, 15) is 19.7 Å². The van der Waals surface area contributed by atoms with Crippen LogP contribution in [0.4, 0.5) is 5.69 Å². The van der Waals surface area contributed by atoms with Crippen molar-refractivity contribution in [2.75, 3.05) is 0 Å². The van der Waals surface area contributed by atoms with Crippen molar-refractivity contribution >= 4 is 17.5 Å². The highest BCUT2D eigenvalue weighted by Crippen LogP contribution is 2.11. The molecule has 0 aromatic heterocycles. The second-order valence-corrected chi connectivity index (χ2v) is 4.06. The summed E-state index contributed by atoms with van der Waals surface area (Å²) in [5.41, 5.74) is 5.34. The zero-order chi connectivity index (χ0) is 13.8. The fraction of sp³-hybridized carbons (Fsp3) is 0.273. The molecule has 1 saturated heterocycles. The van der Waals surface area contributed by atoms with Crippen molar-refractivity contribution in [2.24, 2.45) is 0 Å². The van der Waals surface area contributed by atoms with E-state index in [1.165, 1.54) is 24.3 Å². The number of nitro groups is 1. The van der Waals surface area contributed by atoms with Gasteiger partial charge >= 0.3 is 0 Å². The highest BCUT2D eigenvalue weighted by atomic mass is 16.6. The lowest BCUT2D eigenvalue weighted by Crippen LogP contribution is -2.49. The molecule has 1 aliphatic rings. The van der Waals surface area contributed by atoms with Gasteiger partial charge in [0, 0.05) is 24.1 Å². The van der Waals surface area contributed by atoms with E-state index in [0.29, 0.717) is 18.4 Å². The van der Waals surface area contributed by atoms with Gasteiger partial charge in [0.15, 0.2) is 0 Å². The first-order valence-electron chi connectivity index (χ1n) is 5.66. The van der Waals surface area contributed by atoms with Crippen molar-refractivity contribution in [3.63, 3.8) is 0 Å². The van der Waals surface area contributed by atoms with Gasteiger partial charge in [0.1, 0.15) is 0 Å². The largest absolute Gasteiger partial charge is 0.339 e. The van der Waals surface area contributed by atoms with Crippen LogP contribution < -0.4 is 16.2 Å². The Kier molecular flexibility index (Phi) is 3.71. The molecular weight excluding hydrogens is 252 g/mol. The molecule has 100 valence electrons. The Balaban J connectivity index is 1.89. The average Bonchev–Trinajstić information content (AvgIpc) is 2.82. The van der Waals surface area contributed by atoms with Crippen molar-refractivity contribution in [1.29, 1.82) is 0 Å². The Bertz CT molecular complexity index is 514. The van der Waals surface area contributed by atoms with Crippen LogP contribution in [0.2, 0.25) is 0 Å². The number of carbonyl (C=O) groups is 2. The van der Waals surface area contributed by atoms with Crippen LogP contribution in [0.25, 0.3) is 0 Å². The molecule has 3 N–H and O–H groups in total. The van der Waals surface area contributed by atoms with Crippen molar-refractivity contribution in [2.45, 2.75) is 19.0 Å². The summed E-state index contributed by atoms with van der Waals surface area (Å²) in [5.74, 6) is -0.488. The number of non-ortho nitro benzene ring substituents is 1. The summed E-state index contributed by atoms with van der Waals surface area (Å²) in [5, 5.41) is 13.1. The normalized spacial score (nSPS) is 17.9. The zero-order valence-corrected chi connectivity index (χ0v) is 9.88. The Hall–Kier alpha value is -2.48. The number of nitro benzene ring substituents is 1. The van der Waals surface area contributed by atoms with Crippen molar-refractivity contribution < 1.29 is 14.5 Å². The molecule has 2 amide bonds. The number of carbonyl (C=O) groups excluding carboxylic acids is 2.